The molecule has 142 valence electrons. The summed E-state index contributed by atoms with van der Waals surface area (Å²) < 4.78 is 12.4. The van der Waals surface area contributed by atoms with Crippen molar-refractivity contribution in [1.29, 1.82) is 5.26 Å². The molecule has 0 saturated carbocycles. The zero-order valence-electron chi connectivity index (χ0n) is 15.3. The van der Waals surface area contributed by atoms with Crippen LogP contribution in [0.2, 0.25) is 0 Å². The van der Waals surface area contributed by atoms with Gasteiger partial charge >= 0.3 is 0 Å². The van der Waals surface area contributed by atoms with Crippen LogP contribution in [0.4, 0.5) is 5.69 Å². The molecule has 27 heavy (non-hydrogen) atoms. The molecule has 2 rings (SSSR count). The Morgan fingerprint density at radius 3 is 2.70 bits per heavy atom. The van der Waals surface area contributed by atoms with Gasteiger partial charge in [0.25, 0.3) is 5.56 Å². The summed E-state index contributed by atoms with van der Waals surface area (Å²) in [5.74, 6) is 0.148. The maximum atomic E-state index is 12.7. The van der Waals surface area contributed by atoms with Gasteiger partial charge in [0.1, 0.15) is 23.9 Å². The first kappa shape index (κ1) is 20.7. The molecule has 0 fully saturated rings. The Morgan fingerprint density at radius 1 is 1.37 bits per heavy atom. The van der Waals surface area contributed by atoms with Gasteiger partial charge in [-0.2, -0.15) is 5.26 Å². The average Bonchev–Trinajstić information content (AvgIpc) is 2.65. The second-order valence-corrected chi connectivity index (χ2v) is 6.46. The van der Waals surface area contributed by atoms with Crippen LogP contribution in [0.15, 0.2) is 33.5 Å². The van der Waals surface area contributed by atoms with Gasteiger partial charge in [-0.15, -0.1) is 0 Å². The number of rotatable bonds is 7. The molecule has 1 aromatic carbocycles. The van der Waals surface area contributed by atoms with Crippen LogP contribution in [0.5, 0.6) is 5.75 Å². The van der Waals surface area contributed by atoms with Crippen molar-refractivity contribution >= 4 is 27.5 Å². The van der Waals surface area contributed by atoms with Gasteiger partial charge in [0.05, 0.1) is 18.9 Å². The SMILES string of the molecule is CCOc1ccccc1NC(=O)Cn1c(C)c(Br)c(COC)c(C#N)c1=O. The number of aromatic nitrogens is 1. The highest BCUT2D eigenvalue weighted by Crippen LogP contribution is 2.25. The van der Waals surface area contributed by atoms with Crippen LogP contribution in [0, 0.1) is 18.3 Å². The number of para-hydroxylation sites is 2. The third kappa shape index (κ3) is 4.56. The molecule has 0 bridgehead atoms. The van der Waals surface area contributed by atoms with E-state index < -0.39 is 11.5 Å². The fourth-order valence-electron chi connectivity index (χ4n) is 2.63. The van der Waals surface area contributed by atoms with E-state index in [0.29, 0.717) is 33.8 Å². The molecule has 1 amide bonds. The molecule has 1 aromatic heterocycles. The van der Waals surface area contributed by atoms with Crippen molar-refractivity contribution in [3.8, 4) is 11.8 Å². The fraction of sp³-hybridized carbons (Fsp3) is 0.316. The van der Waals surface area contributed by atoms with E-state index in [1.54, 1.807) is 31.2 Å². The van der Waals surface area contributed by atoms with E-state index in [4.69, 9.17) is 9.47 Å². The van der Waals surface area contributed by atoms with E-state index in [-0.39, 0.29) is 18.7 Å². The second-order valence-electron chi connectivity index (χ2n) is 5.67. The Hall–Kier alpha value is -2.63. The van der Waals surface area contributed by atoms with Crippen molar-refractivity contribution in [2.45, 2.75) is 27.0 Å². The summed E-state index contributed by atoms with van der Waals surface area (Å²) in [5.41, 5.74) is 0.959. The molecule has 0 saturated heterocycles. The topological polar surface area (TPSA) is 93.3 Å². The standard InChI is InChI=1S/C19H20BrN3O4/c1-4-27-16-8-6-5-7-15(16)22-17(24)10-23-12(2)18(20)14(11-26-3)13(9-21)19(23)25/h5-8H,4,10-11H2,1-3H3,(H,22,24). The summed E-state index contributed by atoms with van der Waals surface area (Å²) in [6.07, 6.45) is 0. The van der Waals surface area contributed by atoms with Crippen molar-refractivity contribution in [2.75, 3.05) is 19.0 Å². The van der Waals surface area contributed by atoms with Crippen LogP contribution in [-0.4, -0.2) is 24.2 Å². The third-order valence-electron chi connectivity index (χ3n) is 3.91. The molecule has 8 heteroatoms. The third-order valence-corrected chi connectivity index (χ3v) is 4.96. The Labute approximate surface area is 165 Å². The predicted octanol–water partition coefficient (Wildman–Crippen LogP) is 2.97. The highest BCUT2D eigenvalue weighted by atomic mass is 79.9. The summed E-state index contributed by atoms with van der Waals surface area (Å²) in [7, 11) is 1.48. The van der Waals surface area contributed by atoms with Gasteiger partial charge in [0, 0.05) is 22.8 Å². The van der Waals surface area contributed by atoms with Crippen LogP contribution < -0.4 is 15.6 Å². The number of methoxy groups -OCH3 is 1. The van der Waals surface area contributed by atoms with E-state index >= 15 is 0 Å². The lowest BCUT2D eigenvalue weighted by atomic mass is 10.1. The number of nitriles is 1. The molecule has 0 unspecified atom stereocenters. The van der Waals surface area contributed by atoms with Gasteiger partial charge in [0.2, 0.25) is 5.91 Å². The number of hydrogen-bond acceptors (Lipinski definition) is 5. The number of benzene rings is 1. The summed E-state index contributed by atoms with van der Waals surface area (Å²) in [6.45, 7) is 3.90. The molecular formula is C19H20BrN3O4. The number of carbonyl (C=O) groups excluding carboxylic acids is 1. The van der Waals surface area contributed by atoms with Crippen molar-refractivity contribution in [1.82, 2.24) is 4.57 Å². The minimum Gasteiger partial charge on any atom is -0.492 e. The summed E-state index contributed by atoms with van der Waals surface area (Å²) in [4.78, 5) is 25.2. The summed E-state index contributed by atoms with van der Waals surface area (Å²) in [5, 5.41) is 12.1. The first-order chi connectivity index (χ1) is 12.9. The Bertz CT molecular complexity index is 947. The first-order valence-corrected chi connectivity index (χ1v) is 9.06. The maximum absolute atomic E-state index is 12.7. The highest BCUT2D eigenvalue weighted by Gasteiger charge is 2.20. The van der Waals surface area contributed by atoms with Crippen LogP contribution in [0.1, 0.15) is 23.7 Å². The lowest BCUT2D eigenvalue weighted by Crippen LogP contribution is -2.32. The minimum absolute atomic E-state index is 0.0446. The molecule has 1 heterocycles. The van der Waals surface area contributed by atoms with Gasteiger partial charge in [-0.3, -0.25) is 9.59 Å². The fourth-order valence-corrected chi connectivity index (χ4v) is 3.16. The normalized spacial score (nSPS) is 10.3. The molecule has 0 aliphatic rings. The number of nitrogens with one attached hydrogen (secondary N) is 1. The molecule has 2 aromatic rings. The Balaban J connectivity index is 2.35. The van der Waals surface area contributed by atoms with Crippen molar-refractivity contribution in [3.05, 3.63) is 55.9 Å². The molecule has 0 aliphatic heterocycles. The zero-order valence-corrected chi connectivity index (χ0v) is 16.9. The first-order valence-electron chi connectivity index (χ1n) is 8.27. The summed E-state index contributed by atoms with van der Waals surface area (Å²) in [6, 6.07) is 8.96. The smallest absolute Gasteiger partial charge is 0.269 e. The zero-order chi connectivity index (χ0) is 20.0. The second kappa shape index (κ2) is 9.35. The lowest BCUT2D eigenvalue weighted by molar-refractivity contribution is -0.116. The predicted molar refractivity (Wildman–Crippen MR) is 105 cm³/mol. The molecule has 7 nitrogen and oxygen atoms in total. The Kier molecular flexibility index (Phi) is 7.16. The van der Waals surface area contributed by atoms with Crippen LogP contribution in [0.25, 0.3) is 0 Å². The lowest BCUT2D eigenvalue weighted by Gasteiger charge is -2.16. The van der Waals surface area contributed by atoms with Crippen LogP contribution in [0.3, 0.4) is 0 Å². The summed E-state index contributed by atoms with van der Waals surface area (Å²) >= 11 is 3.40. The minimum atomic E-state index is -0.529. The number of halogens is 1. The van der Waals surface area contributed by atoms with Gasteiger partial charge in [-0.05, 0) is 41.9 Å². The molecule has 0 spiro atoms. The number of pyridine rings is 1. The van der Waals surface area contributed by atoms with E-state index in [2.05, 4.69) is 21.2 Å². The van der Waals surface area contributed by atoms with Crippen molar-refractivity contribution < 1.29 is 14.3 Å². The van der Waals surface area contributed by atoms with Crippen molar-refractivity contribution in [2.24, 2.45) is 0 Å². The number of anilines is 1. The molecule has 0 radical (unpaired) electrons. The maximum Gasteiger partial charge on any atom is 0.269 e. The number of hydrogen-bond donors (Lipinski definition) is 1. The monoisotopic (exact) mass is 433 g/mol. The van der Waals surface area contributed by atoms with E-state index in [1.807, 2.05) is 13.0 Å². The number of amides is 1. The van der Waals surface area contributed by atoms with E-state index in [1.165, 1.54) is 11.7 Å². The van der Waals surface area contributed by atoms with E-state index in [0.717, 1.165) is 0 Å². The Morgan fingerprint density at radius 2 is 2.07 bits per heavy atom. The van der Waals surface area contributed by atoms with Gasteiger partial charge in [-0.25, -0.2) is 0 Å². The average molecular weight is 434 g/mol. The van der Waals surface area contributed by atoms with Crippen LogP contribution in [-0.2, 0) is 22.7 Å². The van der Waals surface area contributed by atoms with Gasteiger partial charge in [-0.1, -0.05) is 12.1 Å². The highest BCUT2D eigenvalue weighted by molar-refractivity contribution is 9.10. The number of ether oxygens (including phenoxy) is 2. The van der Waals surface area contributed by atoms with Crippen LogP contribution >= 0.6 is 15.9 Å². The molecule has 0 atom stereocenters. The molecule has 1 N–H and O–H groups in total. The number of carbonyl (C=O) groups is 1. The van der Waals surface area contributed by atoms with Gasteiger partial charge in [0.15, 0.2) is 0 Å². The quantitative estimate of drug-likeness (QED) is 0.724. The van der Waals surface area contributed by atoms with E-state index in [9.17, 15) is 14.9 Å². The molecular weight excluding hydrogens is 414 g/mol. The largest absolute Gasteiger partial charge is 0.492 e. The van der Waals surface area contributed by atoms with Crippen molar-refractivity contribution in [3.63, 3.8) is 0 Å². The molecule has 0 aliphatic carbocycles. The van der Waals surface area contributed by atoms with Gasteiger partial charge < -0.3 is 19.4 Å². The number of nitrogens with zero attached hydrogens (tertiary/aromatic N) is 2.